The lowest BCUT2D eigenvalue weighted by atomic mass is 10.1. The first-order valence-electron chi connectivity index (χ1n) is 8.41. The number of hydrogen-bond donors (Lipinski definition) is 1. The van der Waals surface area contributed by atoms with Crippen molar-refractivity contribution in [1.29, 1.82) is 0 Å². The van der Waals surface area contributed by atoms with Crippen LogP contribution in [-0.2, 0) is 6.73 Å². The van der Waals surface area contributed by atoms with Crippen LogP contribution in [0.15, 0.2) is 53.1 Å². The van der Waals surface area contributed by atoms with Gasteiger partial charge in [0.1, 0.15) is 11.3 Å². The molecule has 3 rings (SSSR count). The summed E-state index contributed by atoms with van der Waals surface area (Å²) in [6.07, 6.45) is 1.52. The number of nitro groups is 2. The number of amides is 1. The van der Waals surface area contributed by atoms with Crippen molar-refractivity contribution in [2.75, 3.05) is 5.32 Å². The van der Waals surface area contributed by atoms with Crippen LogP contribution >= 0.6 is 15.9 Å². The number of hydrogen-bond acceptors (Lipinski definition) is 7. The SMILES string of the molecule is Cc1c([N+](=O)[O-])cc(NC(=O)c2ccn(COc3ccc(Br)cc3)n2)cc1[N+](=O)[O-]. The highest BCUT2D eigenvalue weighted by Crippen LogP contribution is 2.31. The van der Waals surface area contributed by atoms with Crippen molar-refractivity contribution in [2.24, 2.45) is 0 Å². The number of nitrogens with one attached hydrogen (secondary N) is 1. The second-order valence-electron chi connectivity index (χ2n) is 6.08. The van der Waals surface area contributed by atoms with E-state index >= 15 is 0 Å². The average Bonchev–Trinajstić information content (AvgIpc) is 3.17. The fraction of sp³-hybridized carbons (Fsp3) is 0.111. The molecule has 0 aliphatic carbocycles. The van der Waals surface area contributed by atoms with Crippen LogP contribution in [0.2, 0.25) is 0 Å². The van der Waals surface area contributed by atoms with Crippen LogP contribution in [0.4, 0.5) is 17.1 Å². The van der Waals surface area contributed by atoms with E-state index in [-0.39, 0.29) is 23.7 Å². The molecule has 1 amide bonds. The van der Waals surface area contributed by atoms with Gasteiger partial charge in [-0.3, -0.25) is 25.0 Å². The molecule has 0 spiro atoms. The molecular weight excluding hydrogens is 462 g/mol. The molecule has 0 unspecified atom stereocenters. The summed E-state index contributed by atoms with van der Waals surface area (Å²) >= 11 is 3.32. The summed E-state index contributed by atoms with van der Waals surface area (Å²) in [5, 5.41) is 28.8. The zero-order valence-corrected chi connectivity index (χ0v) is 17.0. The molecule has 0 aliphatic rings. The van der Waals surface area contributed by atoms with Gasteiger partial charge in [-0.05, 0) is 37.3 Å². The Balaban J connectivity index is 1.73. The summed E-state index contributed by atoms with van der Waals surface area (Å²) in [5.74, 6) is -0.0659. The highest BCUT2D eigenvalue weighted by atomic mass is 79.9. The van der Waals surface area contributed by atoms with E-state index in [1.165, 1.54) is 23.9 Å². The molecule has 0 saturated heterocycles. The Morgan fingerprint density at radius 1 is 1.13 bits per heavy atom. The Morgan fingerprint density at radius 2 is 1.73 bits per heavy atom. The van der Waals surface area contributed by atoms with E-state index in [4.69, 9.17) is 4.74 Å². The normalized spacial score (nSPS) is 10.5. The van der Waals surface area contributed by atoms with Crippen molar-refractivity contribution >= 4 is 38.9 Å². The number of aromatic nitrogens is 2. The molecule has 0 bridgehead atoms. The second-order valence-corrected chi connectivity index (χ2v) is 6.99. The molecule has 0 aliphatic heterocycles. The standard InChI is InChI=1S/C18H14BrN5O6/c1-11-16(23(26)27)8-13(9-17(11)24(28)29)20-18(25)15-6-7-22(21-15)10-30-14-4-2-12(19)3-5-14/h2-9H,10H2,1H3,(H,20,25). The lowest BCUT2D eigenvalue weighted by molar-refractivity contribution is -0.395. The van der Waals surface area contributed by atoms with Gasteiger partial charge in [0.05, 0.1) is 15.5 Å². The lowest BCUT2D eigenvalue weighted by Gasteiger charge is -2.07. The number of anilines is 1. The monoisotopic (exact) mass is 475 g/mol. The van der Waals surface area contributed by atoms with Crippen LogP contribution < -0.4 is 10.1 Å². The summed E-state index contributed by atoms with van der Waals surface area (Å²) in [6, 6.07) is 10.7. The van der Waals surface area contributed by atoms with Gasteiger partial charge in [0.15, 0.2) is 12.4 Å². The molecular formula is C18H14BrN5O6. The Hall–Kier alpha value is -3.80. The molecule has 154 valence electrons. The maximum absolute atomic E-state index is 12.4. The highest BCUT2D eigenvalue weighted by molar-refractivity contribution is 9.10. The van der Waals surface area contributed by atoms with Crippen LogP contribution in [0.3, 0.4) is 0 Å². The van der Waals surface area contributed by atoms with Crippen molar-refractivity contribution in [3.8, 4) is 5.75 Å². The molecule has 2 aromatic carbocycles. The van der Waals surface area contributed by atoms with Gasteiger partial charge in [-0.1, -0.05) is 15.9 Å². The Bertz CT molecular complexity index is 1090. The number of nitro benzene ring substituents is 2. The van der Waals surface area contributed by atoms with Gasteiger partial charge in [0, 0.05) is 22.8 Å². The molecule has 0 saturated carbocycles. The number of rotatable bonds is 7. The smallest absolute Gasteiger partial charge is 0.281 e. The van der Waals surface area contributed by atoms with Gasteiger partial charge < -0.3 is 10.1 Å². The first-order chi connectivity index (χ1) is 14.2. The van der Waals surface area contributed by atoms with E-state index in [1.807, 2.05) is 12.1 Å². The van der Waals surface area contributed by atoms with E-state index in [2.05, 4.69) is 26.3 Å². The molecule has 30 heavy (non-hydrogen) atoms. The molecule has 12 heteroatoms. The number of benzene rings is 2. The van der Waals surface area contributed by atoms with Gasteiger partial charge in [-0.15, -0.1) is 0 Å². The topological polar surface area (TPSA) is 142 Å². The minimum atomic E-state index is -0.744. The van der Waals surface area contributed by atoms with Gasteiger partial charge in [-0.25, -0.2) is 4.68 Å². The third-order valence-electron chi connectivity index (χ3n) is 4.05. The molecule has 0 radical (unpaired) electrons. The van der Waals surface area contributed by atoms with Crippen LogP contribution in [0.25, 0.3) is 0 Å². The first-order valence-corrected chi connectivity index (χ1v) is 9.20. The Morgan fingerprint density at radius 3 is 2.30 bits per heavy atom. The van der Waals surface area contributed by atoms with Crippen molar-refractivity contribution in [1.82, 2.24) is 9.78 Å². The molecule has 1 heterocycles. The van der Waals surface area contributed by atoms with E-state index in [0.29, 0.717) is 5.75 Å². The van der Waals surface area contributed by atoms with Gasteiger partial charge in [-0.2, -0.15) is 5.10 Å². The lowest BCUT2D eigenvalue weighted by Crippen LogP contribution is -2.15. The largest absolute Gasteiger partial charge is 0.471 e. The van der Waals surface area contributed by atoms with Gasteiger partial charge in [0.25, 0.3) is 17.3 Å². The predicted molar refractivity (Wildman–Crippen MR) is 109 cm³/mol. The Kier molecular flexibility index (Phi) is 6.06. The number of halogens is 1. The summed E-state index contributed by atoms with van der Waals surface area (Å²) in [5.41, 5.74) is -1.09. The summed E-state index contributed by atoms with van der Waals surface area (Å²) < 4.78 is 7.85. The molecule has 1 aromatic heterocycles. The van der Waals surface area contributed by atoms with Gasteiger partial charge >= 0.3 is 0 Å². The molecule has 0 fully saturated rings. The van der Waals surface area contributed by atoms with Crippen molar-refractivity contribution < 1.29 is 19.4 Å². The third-order valence-corrected chi connectivity index (χ3v) is 4.58. The highest BCUT2D eigenvalue weighted by Gasteiger charge is 2.24. The van der Waals surface area contributed by atoms with Crippen LogP contribution in [0.1, 0.15) is 16.1 Å². The second kappa shape index (κ2) is 8.69. The molecule has 0 atom stereocenters. The number of carbonyl (C=O) groups is 1. The maximum atomic E-state index is 12.4. The number of nitrogens with zero attached hydrogens (tertiary/aromatic N) is 4. The minimum absolute atomic E-state index is 0.0142. The first kappa shape index (κ1) is 20.9. The van der Waals surface area contributed by atoms with Crippen molar-refractivity contribution in [2.45, 2.75) is 13.7 Å². The van der Waals surface area contributed by atoms with Crippen LogP contribution in [0.5, 0.6) is 5.75 Å². The van der Waals surface area contributed by atoms with Gasteiger partial charge in [0.2, 0.25) is 0 Å². The third kappa shape index (κ3) is 4.78. The minimum Gasteiger partial charge on any atom is -0.471 e. The van der Waals surface area contributed by atoms with Crippen molar-refractivity contribution in [3.63, 3.8) is 0 Å². The van der Waals surface area contributed by atoms with Crippen molar-refractivity contribution in [3.05, 3.63) is 84.6 Å². The van der Waals surface area contributed by atoms with E-state index in [0.717, 1.165) is 16.6 Å². The number of carbonyl (C=O) groups excluding carboxylic acids is 1. The number of ether oxygens (including phenoxy) is 1. The van der Waals surface area contributed by atoms with E-state index < -0.39 is 27.1 Å². The molecule has 11 nitrogen and oxygen atoms in total. The van der Waals surface area contributed by atoms with Crippen LogP contribution in [0, 0.1) is 27.2 Å². The van der Waals surface area contributed by atoms with E-state index in [9.17, 15) is 25.0 Å². The van der Waals surface area contributed by atoms with E-state index in [1.54, 1.807) is 12.1 Å². The zero-order valence-electron chi connectivity index (χ0n) is 15.4. The zero-order chi connectivity index (χ0) is 21.8. The molecule has 3 aromatic rings. The fourth-order valence-corrected chi connectivity index (χ4v) is 2.82. The summed E-state index contributed by atoms with van der Waals surface area (Å²) in [7, 11) is 0. The fourth-order valence-electron chi connectivity index (χ4n) is 2.56. The van der Waals surface area contributed by atoms with Crippen LogP contribution in [-0.4, -0.2) is 25.5 Å². The molecule has 1 N–H and O–H groups in total. The Labute approximate surface area is 177 Å². The quantitative estimate of drug-likeness (QED) is 0.400. The predicted octanol–water partition coefficient (Wildman–Crippen LogP) is 4.06. The summed E-state index contributed by atoms with van der Waals surface area (Å²) in [4.78, 5) is 33.2. The summed E-state index contributed by atoms with van der Waals surface area (Å²) in [6.45, 7) is 1.32. The maximum Gasteiger partial charge on any atom is 0.281 e. The average molecular weight is 476 g/mol.